The third kappa shape index (κ3) is 3.39. The largest absolute Gasteiger partial charge is 0.367 e. The Kier molecular flexibility index (Phi) is 5.41. The number of nitriles is 1. The fraction of sp³-hybridized carbons (Fsp3) is 0.310. The van der Waals surface area contributed by atoms with Crippen molar-refractivity contribution in [2.24, 2.45) is 11.8 Å². The number of hydrogen-bond acceptors (Lipinski definition) is 7. The number of imide groups is 1. The van der Waals surface area contributed by atoms with Gasteiger partial charge in [-0.05, 0) is 56.5 Å². The van der Waals surface area contributed by atoms with Gasteiger partial charge >= 0.3 is 0 Å². The molecule has 0 radical (unpaired) electrons. The Balaban J connectivity index is 1.19. The summed E-state index contributed by atoms with van der Waals surface area (Å²) in [6.45, 7) is 1.98. The molecule has 3 saturated heterocycles. The number of carbonyl (C=O) groups excluding carboxylic acids is 2. The Labute approximate surface area is 232 Å². The van der Waals surface area contributed by atoms with Crippen molar-refractivity contribution in [3.8, 4) is 6.07 Å². The van der Waals surface area contributed by atoms with Crippen LogP contribution in [0.25, 0.3) is 21.0 Å². The standard InChI is InChI=1S/C29H22ClN3O3S2/c1-28-10-11-29(36-28,12-13-37-27-32-20-14-17(30)7-9-22(20)38-27)24-23(28)25(34)33(26(24)35)21-8-6-16(15-31)18-4-2-3-5-19(18)21/h2-9,14,23-24H,10-13H2,1H3. The molecule has 4 heterocycles. The van der Waals surface area contributed by atoms with E-state index < -0.39 is 23.0 Å². The zero-order chi connectivity index (χ0) is 26.2. The molecule has 4 aromatic rings. The maximum atomic E-state index is 14.0. The minimum absolute atomic E-state index is 0.196. The van der Waals surface area contributed by atoms with Crippen molar-refractivity contribution in [1.29, 1.82) is 5.26 Å². The zero-order valence-electron chi connectivity index (χ0n) is 20.4. The second-order valence-electron chi connectivity index (χ2n) is 10.4. The van der Waals surface area contributed by atoms with Crippen LogP contribution in [0.15, 0.2) is 58.9 Å². The summed E-state index contributed by atoms with van der Waals surface area (Å²) in [7, 11) is 0. The molecule has 9 heteroatoms. The molecule has 0 N–H and O–H groups in total. The van der Waals surface area contributed by atoms with Crippen molar-refractivity contribution in [1.82, 2.24) is 4.98 Å². The first-order valence-corrected chi connectivity index (χ1v) is 14.7. The van der Waals surface area contributed by atoms with Crippen molar-refractivity contribution >= 4 is 73.2 Å². The number of thioether (sulfide) groups is 1. The van der Waals surface area contributed by atoms with Gasteiger partial charge in [-0.2, -0.15) is 5.26 Å². The van der Waals surface area contributed by atoms with Gasteiger partial charge in [0.2, 0.25) is 11.8 Å². The maximum absolute atomic E-state index is 14.0. The molecule has 38 heavy (non-hydrogen) atoms. The van der Waals surface area contributed by atoms with Crippen molar-refractivity contribution in [2.75, 3.05) is 10.7 Å². The van der Waals surface area contributed by atoms with E-state index in [1.807, 2.05) is 49.4 Å². The molecule has 3 aliphatic heterocycles. The van der Waals surface area contributed by atoms with E-state index in [0.29, 0.717) is 22.7 Å². The molecule has 3 aliphatic rings. The third-order valence-corrected chi connectivity index (χ3v) is 10.8. The van der Waals surface area contributed by atoms with Gasteiger partial charge in [-0.1, -0.05) is 47.6 Å². The number of aromatic nitrogens is 1. The van der Waals surface area contributed by atoms with Crippen LogP contribution in [0.5, 0.6) is 0 Å². The minimum atomic E-state index is -0.670. The summed E-state index contributed by atoms with van der Waals surface area (Å²) in [6.07, 6.45) is 2.16. The highest BCUT2D eigenvalue weighted by atomic mass is 35.5. The predicted molar refractivity (Wildman–Crippen MR) is 150 cm³/mol. The summed E-state index contributed by atoms with van der Waals surface area (Å²) < 4.78 is 8.65. The fourth-order valence-electron chi connectivity index (χ4n) is 6.68. The predicted octanol–water partition coefficient (Wildman–Crippen LogP) is 6.58. The van der Waals surface area contributed by atoms with Crippen LogP contribution in [0.4, 0.5) is 5.69 Å². The number of amides is 2. The van der Waals surface area contributed by atoms with Crippen LogP contribution >= 0.6 is 34.7 Å². The highest BCUT2D eigenvalue weighted by molar-refractivity contribution is 8.01. The van der Waals surface area contributed by atoms with E-state index in [1.165, 1.54) is 4.90 Å². The Morgan fingerprint density at radius 3 is 2.74 bits per heavy atom. The van der Waals surface area contributed by atoms with E-state index in [-0.39, 0.29) is 11.8 Å². The molecule has 2 bridgehead atoms. The number of anilines is 1. The average Bonchev–Trinajstić information content (AvgIpc) is 3.61. The van der Waals surface area contributed by atoms with Crippen LogP contribution < -0.4 is 4.90 Å². The molecule has 7 rings (SSSR count). The van der Waals surface area contributed by atoms with E-state index in [9.17, 15) is 14.9 Å². The Morgan fingerprint density at radius 1 is 1.13 bits per heavy atom. The van der Waals surface area contributed by atoms with Crippen LogP contribution in [0.2, 0.25) is 5.02 Å². The lowest BCUT2D eigenvalue weighted by molar-refractivity contribution is -0.130. The first-order chi connectivity index (χ1) is 18.3. The molecule has 6 nitrogen and oxygen atoms in total. The summed E-state index contributed by atoms with van der Waals surface area (Å²) in [6, 6.07) is 18.8. The van der Waals surface area contributed by atoms with Crippen LogP contribution in [0.3, 0.4) is 0 Å². The molecule has 0 spiro atoms. The number of hydrogen-bond donors (Lipinski definition) is 0. The molecule has 190 valence electrons. The maximum Gasteiger partial charge on any atom is 0.240 e. The SMILES string of the molecule is CC12CCC(CCSc3nc4cc(Cl)ccc4s3)(O1)C1C(=O)N(c3ccc(C#N)c4ccccc34)C(=O)C12. The average molecular weight is 560 g/mol. The van der Waals surface area contributed by atoms with Gasteiger partial charge in [0, 0.05) is 21.5 Å². The van der Waals surface area contributed by atoms with Crippen molar-refractivity contribution in [3.63, 3.8) is 0 Å². The fourth-order valence-corrected chi connectivity index (χ4v) is 9.06. The first-order valence-electron chi connectivity index (χ1n) is 12.5. The van der Waals surface area contributed by atoms with Gasteiger partial charge in [0.1, 0.15) is 0 Å². The number of thiazole rings is 1. The van der Waals surface area contributed by atoms with Gasteiger partial charge in [-0.25, -0.2) is 9.88 Å². The van der Waals surface area contributed by atoms with Gasteiger partial charge in [0.05, 0.1) is 50.6 Å². The van der Waals surface area contributed by atoms with E-state index in [2.05, 4.69) is 6.07 Å². The molecular weight excluding hydrogens is 538 g/mol. The first kappa shape index (κ1) is 24.1. The number of ether oxygens (including phenoxy) is 1. The van der Waals surface area contributed by atoms with Gasteiger partial charge in [0.15, 0.2) is 4.34 Å². The van der Waals surface area contributed by atoms with Crippen molar-refractivity contribution in [2.45, 2.75) is 41.7 Å². The lowest BCUT2D eigenvalue weighted by Crippen LogP contribution is -2.42. The van der Waals surface area contributed by atoms with E-state index in [0.717, 1.165) is 43.9 Å². The van der Waals surface area contributed by atoms with Crippen LogP contribution in [-0.2, 0) is 14.3 Å². The van der Waals surface area contributed by atoms with Gasteiger partial charge in [-0.3, -0.25) is 9.59 Å². The monoisotopic (exact) mass is 559 g/mol. The molecular formula is C29H22ClN3O3S2. The van der Waals surface area contributed by atoms with E-state index >= 15 is 0 Å². The molecule has 3 aromatic carbocycles. The lowest BCUT2D eigenvalue weighted by Gasteiger charge is -2.31. The van der Waals surface area contributed by atoms with E-state index in [1.54, 1.807) is 35.2 Å². The third-order valence-electron chi connectivity index (χ3n) is 8.36. The molecule has 4 unspecified atom stereocenters. The summed E-state index contributed by atoms with van der Waals surface area (Å²) >= 11 is 9.40. The number of fused-ring (bicyclic) bond motifs is 7. The van der Waals surface area contributed by atoms with E-state index in [4.69, 9.17) is 21.3 Å². The number of halogens is 1. The van der Waals surface area contributed by atoms with Crippen molar-refractivity contribution < 1.29 is 14.3 Å². The summed E-state index contributed by atoms with van der Waals surface area (Å²) in [5.74, 6) is -0.688. The smallest absolute Gasteiger partial charge is 0.240 e. The molecule has 4 atom stereocenters. The minimum Gasteiger partial charge on any atom is -0.367 e. The number of nitrogens with zero attached hydrogens (tertiary/aromatic N) is 3. The highest BCUT2D eigenvalue weighted by Gasteiger charge is 2.73. The molecule has 2 amide bonds. The molecule has 1 aromatic heterocycles. The molecule has 0 aliphatic carbocycles. The molecule has 3 fully saturated rings. The number of benzene rings is 3. The van der Waals surface area contributed by atoms with Crippen LogP contribution in [0, 0.1) is 23.2 Å². The summed E-state index contributed by atoms with van der Waals surface area (Å²) in [4.78, 5) is 34.0. The van der Waals surface area contributed by atoms with Crippen LogP contribution in [0.1, 0.15) is 31.7 Å². The topological polar surface area (TPSA) is 83.3 Å². The van der Waals surface area contributed by atoms with Gasteiger partial charge < -0.3 is 4.74 Å². The Hall–Kier alpha value is -2.96. The normalized spacial score (nSPS) is 28.0. The van der Waals surface area contributed by atoms with Gasteiger partial charge in [0.25, 0.3) is 0 Å². The summed E-state index contributed by atoms with van der Waals surface area (Å²) in [5, 5.41) is 11.7. The summed E-state index contributed by atoms with van der Waals surface area (Å²) in [5.41, 5.74) is 0.618. The highest BCUT2D eigenvalue weighted by Crippen LogP contribution is 2.62. The second kappa shape index (κ2) is 8.52. The Morgan fingerprint density at radius 2 is 1.92 bits per heavy atom. The zero-order valence-corrected chi connectivity index (χ0v) is 22.8. The quantitative estimate of drug-likeness (QED) is 0.203. The number of carbonyl (C=O) groups is 2. The Bertz CT molecular complexity index is 1710. The van der Waals surface area contributed by atoms with Crippen molar-refractivity contribution in [3.05, 3.63) is 65.2 Å². The second-order valence-corrected chi connectivity index (χ2v) is 13.2. The van der Waals surface area contributed by atoms with Crippen LogP contribution in [-0.4, -0.2) is 33.8 Å². The lowest BCUT2D eigenvalue weighted by atomic mass is 9.67. The van der Waals surface area contributed by atoms with Gasteiger partial charge in [-0.15, -0.1) is 11.3 Å². The number of rotatable bonds is 5. The molecule has 0 saturated carbocycles.